The number of rotatable bonds is 4. The first-order chi connectivity index (χ1) is 14.5. The van der Waals surface area contributed by atoms with Crippen LogP contribution >= 0.6 is 0 Å². The van der Waals surface area contributed by atoms with Gasteiger partial charge in [0.25, 0.3) is 5.91 Å². The third kappa shape index (κ3) is 3.13. The second-order valence-electron chi connectivity index (χ2n) is 7.55. The highest BCUT2D eigenvalue weighted by Gasteiger charge is 2.53. The fourth-order valence-electron chi connectivity index (χ4n) is 3.81. The van der Waals surface area contributed by atoms with Crippen molar-refractivity contribution in [1.29, 1.82) is 5.26 Å². The topological polar surface area (TPSA) is 73.2 Å². The minimum absolute atomic E-state index is 0.135. The molecule has 1 aliphatic heterocycles. The first kappa shape index (κ1) is 19.4. The van der Waals surface area contributed by atoms with E-state index in [-0.39, 0.29) is 12.5 Å². The maximum atomic E-state index is 13.8. The van der Waals surface area contributed by atoms with Crippen molar-refractivity contribution < 1.29 is 9.59 Å². The summed E-state index contributed by atoms with van der Waals surface area (Å²) in [6.45, 7) is 4.14. The van der Waals surface area contributed by atoms with Crippen LogP contribution in [0.2, 0.25) is 0 Å². The van der Waals surface area contributed by atoms with Crippen molar-refractivity contribution in [2.24, 2.45) is 0 Å². The Hall–Kier alpha value is -3.91. The average Bonchev–Trinajstić information content (AvgIpc) is 3.02. The standard InChI is InChI=1S/C25H21N3O2/c1-17-8-13-22(14-18(17)2)25(21-6-4-3-5-7-21)23(29)28(24(30)27-25)16-20-11-9-19(15-26)10-12-20/h3-14H,16H2,1-2H3,(H,27,30)/t25-/m0/s1. The first-order valence-corrected chi connectivity index (χ1v) is 9.72. The number of hydrogen-bond acceptors (Lipinski definition) is 3. The van der Waals surface area contributed by atoms with Gasteiger partial charge in [-0.05, 0) is 53.8 Å². The van der Waals surface area contributed by atoms with E-state index in [4.69, 9.17) is 5.26 Å². The lowest BCUT2D eigenvalue weighted by Crippen LogP contribution is -2.45. The van der Waals surface area contributed by atoms with Gasteiger partial charge in [-0.15, -0.1) is 0 Å². The molecule has 0 aromatic heterocycles. The summed E-state index contributed by atoms with van der Waals surface area (Å²) >= 11 is 0. The minimum atomic E-state index is -1.27. The van der Waals surface area contributed by atoms with Crippen molar-refractivity contribution >= 4 is 11.9 Å². The van der Waals surface area contributed by atoms with E-state index in [9.17, 15) is 9.59 Å². The Morgan fingerprint density at radius 3 is 2.23 bits per heavy atom. The van der Waals surface area contributed by atoms with E-state index in [1.807, 2.05) is 62.4 Å². The van der Waals surface area contributed by atoms with Gasteiger partial charge in [-0.25, -0.2) is 4.79 Å². The predicted octanol–water partition coefficient (Wildman–Crippen LogP) is 4.17. The maximum absolute atomic E-state index is 13.8. The molecule has 0 bridgehead atoms. The van der Waals surface area contributed by atoms with Crippen LogP contribution in [0, 0.1) is 25.2 Å². The number of aryl methyl sites for hydroxylation is 2. The Kier molecular flexibility index (Phi) is 4.85. The smallest absolute Gasteiger partial charge is 0.315 e. The fourth-order valence-corrected chi connectivity index (χ4v) is 3.81. The number of carbonyl (C=O) groups excluding carboxylic acids is 2. The molecular weight excluding hydrogens is 374 g/mol. The SMILES string of the molecule is Cc1ccc([C@]2(c3ccccc3)NC(=O)N(Cc3ccc(C#N)cc3)C2=O)cc1C. The van der Waals surface area contributed by atoms with Gasteiger partial charge in [-0.2, -0.15) is 5.26 Å². The van der Waals surface area contributed by atoms with Crippen molar-refractivity contribution in [2.75, 3.05) is 0 Å². The molecule has 3 aromatic carbocycles. The number of amides is 3. The molecule has 1 atom stereocenters. The summed E-state index contributed by atoms with van der Waals surface area (Å²) in [7, 11) is 0. The van der Waals surface area contributed by atoms with Gasteiger partial charge in [0, 0.05) is 0 Å². The van der Waals surface area contributed by atoms with Crippen molar-refractivity contribution in [3.8, 4) is 6.07 Å². The number of benzene rings is 3. The summed E-state index contributed by atoms with van der Waals surface area (Å²) < 4.78 is 0. The van der Waals surface area contributed by atoms with Gasteiger partial charge in [0.15, 0.2) is 5.54 Å². The highest BCUT2D eigenvalue weighted by molar-refractivity contribution is 6.09. The van der Waals surface area contributed by atoms with Crippen molar-refractivity contribution in [2.45, 2.75) is 25.9 Å². The summed E-state index contributed by atoms with van der Waals surface area (Å²) in [6, 6.07) is 23.7. The zero-order valence-corrected chi connectivity index (χ0v) is 16.8. The number of carbonyl (C=O) groups is 2. The largest absolute Gasteiger partial charge is 0.325 e. The number of hydrogen-bond donors (Lipinski definition) is 1. The zero-order chi connectivity index (χ0) is 21.3. The van der Waals surface area contributed by atoms with E-state index < -0.39 is 11.6 Å². The summed E-state index contributed by atoms with van der Waals surface area (Å²) in [5, 5.41) is 12.0. The van der Waals surface area contributed by atoms with E-state index >= 15 is 0 Å². The van der Waals surface area contributed by atoms with E-state index in [1.165, 1.54) is 4.90 Å². The lowest BCUT2D eigenvalue weighted by atomic mass is 9.81. The van der Waals surface area contributed by atoms with Gasteiger partial charge < -0.3 is 5.32 Å². The second kappa shape index (κ2) is 7.49. The molecule has 1 aliphatic rings. The summed E-state index contributed by atoms with van der Waals surface area (Å²) in [5.41, 5.74) is 3.66. The van der Waals surface area contributed by atoms with E-state index in [0.29, 0.717) is 11.1 Å². The van der Waals surface area contributed by atoms with E-state index in [2.05, 4.69) is 11.4 Å². The normalized spacial score (nSPS) is 18.2. The average molecular weight is 395 g/mol. The lowest BCUT2D eigenvalue weighted by molar-refractivity contribution is -0.130. The third-order valence-corrected chi connectivity index (χ3v) is 5.68. The van der Waals surface area contributed by atoms with Crippen LogP contribution in [0.4, 0.5) is 4.79 Å². The van der Waals surface area contributed by atoms with Crippen LogP contribution in [-0.4, -0.2) is 16.8 Å². The Morgan fingerprint density at radius 1 is 0.900 bits per heavy atom. The number of nitriles is 1. The molecule has 0 spiro atoms. The van der Waals surface area contributed by atoms with Gasteiger partial charge in [-0.3, -0.25) is 9.69 Å². The zero-order valence-electron chi connectivity index (χ0n) is 16.8. The summed E-state index contributed by atoms with van der Waals surface area (Å²) in [6.07, 6.45) is 0. The van der Waals surface area contributed by atoms with Crippen molar-refractivity contribution in [3.05, 3.63) is 106 Å². The molecule has 3 aromatic rings. The molecule has 0 aliphatic carbocycles. The summed E-state index contributed by atoms with van der Waals surface area (Å²) in [4.78, 5) is 28.0. The van der Waals surface area contributed by atoms with Crippen LogP contribution in [-0.2, 0) is 16.9 Å². The predicted molar refractivity (Wildman–Crippen MR) is 113 cm³/mol. The molecular formula is C25H21N3O2. The minimum Gasteiger partial charge on any atom is -0.315 e. The Bertz CT molecular complexity index is 1160. The molecule has 3 amide bonds. The van der Waals surface area contributed by atoms with Crippen LogP contribution in [0.5, 0.6) is 0 Å². The number of imide groups is 1. The molecule has 5 nitrogen and oxygen atoms in total. The van der Waals surface area contributed by atoms with E-state index in [0.717, 1.165) is 22.3 Å². The number of nitrogens with one attached hydrogen (secondary N) is 1. The summed E-state index contributed by atoms with van der Waals surface area (Å²) in [5.74, 6) is -0.314. The van der Waals surface area contributed by atoms with Crippen LogP contribution in [0.3, 0.4) is 0 Å². The number of urea groups is 1. The molecule has 1 saturated heterocycles. The van der Waals surface area contributed by atoms with Crippen LogP contribution in [0.15, 0.2) is 72.8 Å². The highest BCUT2D eigenvalue weighted by atomic mass is 16.2. The monoisotopic (exact) mass is 395 g/mol. The lowest BCUT2D eigenvalue weighted by Gasteiger charge is -2.28. The van der Waals surface area contributed by atoms with Gasteiger partial charge in [0.05, 0.1) is 18.2 Å². The molecule has 0 saturated carbocycles. The third-order valence-electron chi connectivity index (χ3n) is 5.68. The molecule has 1 N–H and O–H groups in total. The van der Waals surface area contributed by atoms with Crippen LogP contribution in [0.25, 0.3) is 0 Å². The molecule has 0 radical (unpaired) electrons. The maximum Gasteiger partial charge on any atom is 0.325 e. The fraction of sp³-hybridized carbons (Fsp3) is 0.160. The molecule has 1 heterocycles. The second-order valence-corrected chi connectivity index (χ2v) is 7.55. The van der Waals surface area contributed by atoms with Crippen molar-refractivity contribution in [3.63, 3.8) is 0 Å². The Labute approximate surface area is 175 Å². The molecule has 148 valence electrons. The molecule has 1 fully saturated rings. The molecule has 4 rings (SSSR count). The first-order valence-electron chi connectivity index (χ1n) is 9.72. The van der Waals surface area contributed by atoms with Gasteiger partial charge >= 0.3 is 6.03 Å². The molecule has 30 heavy (non-hydrogen) atoms. The van der Waals surface area contributed by atoms with Gasteiger partial charge in [-0.1, -0.05) is 60.7 Å². The van der Waals surface area contributed by atoms with Gasteiger partial charge in [0.1, 0.15) is 0 Å². The molecule has 5 heteroatoms. The highest BCUT2D eigenvalue weighted by Crippen LogP contribution is 2.37. The van der Waals surface area contributed by atoms with Crippen LogP contribution in [0.1, 0.15) is 33.4 Å². The van der Waals surface area contributed by atoms with E-state index in [1.54, 1.807) is 24.3 Å². The Balaban J connectivity index is 1.79. The Morgan fingerprint density at radius 2 is 1.60 bits per heavy atom. The van der Waals surface area contributed by atoms with Crippen LogP contribution < -0.4 is 5.32 Å². The van der Waals surface area contributed by atoms with Crippen molar-refractivity contribution in [1.82, 2.24) is 10.2 Å². The quantitative estimate of drug-likeness (QED) is 0.674. The number of nitrogens with zero attached hydrogens (tertiary/aromatic N) is 2. The molecule has 0 unspecified atom stereocenters. The van der Waals surface area contributed by atoms with Gasteiger partial charge in [0.2, 0.25) is 0 Å².